The van der Waals surface area contributed by atoms with Crippen molar-refractivity contribution in [1.82, 2.24) is 0 Å². The van der Waals surface area contributed by atoms with Crippen LogP contribution in [-0.2, 0) is 9.53 Å². The van der Waals surface area contributed by atoms with Gasteiger partial charge in [0.1, 0.15) is 6.61 Å². The monoisotopic (exact) mass is 279 g/mol. The molecule has 1 aromatic carbocycles. The Bertz CT molecular complexity index is 399. The summed E-state index contributed by atoms with van der Waals surface area (Å²) in [4.78, 5) is 21.8. The number of ether oxygens (including phenoxy) is 1. The summed E-state index contributed by atoms with van der Waals surface area (Å²) in [5.74, 6) is -0.663. The zero-order chi connectivity index (χ0) is 12.2. The van der Waals surface area contributed by atoms with Gasteiger partial charge in [-0.2, -0.15) is 0 Å². The van der Waals surface area contributed by atoms with E-state index >= 15 is 0 Å². The molecule has 0 saturated carbocycles. The van der Waals surface area contributed by atoms with Crippen LogP contribution in [0.25, 0.3) is 0 Å². The molecule has 0 aliphatic carbocycles. The standard InChI is InChI=1S/C10H6Cl3O3/c11-10(12,13)6-16-9(15)8-3-1-2-7(4-8)5-14/h1-4H,6H2. The second-order valence-corrected chi connectivity index (χ2v) is 5.39. The van der Waals surface area contributed by atoms with Crippen LogP contribution in [0, 0.1) is 0 Å². The van der Waals surface area contributed by atoms with E-state index in [1.54, 1.807) is 6.29 Å². The average Bonchev–Trinajstić information content (AvgIpc) is 2.25. The summed E-state index contributed by atoms with van der Waals surface area (Å²) in [7, 11) is 0. The molecule has 0 spiro atoms. The highest BCUT2D eigenvalue weighted by atomic mass is 35.6. The van der Waals surface area contributed by atoms with Crippen LogP contribution in [0.1, 0.15) is 15.9 Å². The van der Waals surface area contributed by atoms with Crippen molar-refractivity contribution in [2.75, 3.05) is 6.61 Å². The number of carbonyl (C=O) groups is 1. The minimum absolute atomic E-state index is 0.204. The summed E-state index contributed by atoms with van der Waals surface area (Å²) in [5, 5.41) is 0. The minimum Gasteiger partial charge on any atom is -0.458 e. The first-order valence-corrected chi connectivity index (χ1v) is 5.28. The molecule has 16 heavy (non-hydrogen) atoms. The van der Waals surface area contributed by atoms with E-state index in [0.29, 0.717) is 0 Å². The summed E-state index contributed by atoms with van der Waals surface area (Å²) in [6, 6.07) is 5.88. The lowest BCUT2D eigenvalue weighted by atomic mass is 10.1. The smallest absolute Gasteiger partial charge is 0.338 e. The number of hydrogen-bond donors (Lipinski definition) is 0. The van der Waals surface area contributed by atoms with Gasteiger partial charge in [0.15, 0.2) is 0 Å². The topological polar surface area (TPSA) is 43.4 Å². The maximum atomic E-state index is 11.4. The van der Waals surface area contributed by atoms with Crippen molar-refractivity contribution in [3.8, 4) is 0 Å². The number of carbonyl (C=O) groups excluding carboxylic acids is 2. The highest BCUT2D eigenvalue weighted by Gasteiger charge is 2.22. The van der Waals surface area contributed by atoms with Crippen molar-refractivity contribution >= 4 is 47.1 Å². The van der Waals surface area contributed by atoms with Gasteiger partial charge >= 0.3 is 5.97 Å². The van der Waals surface area contributed by atoms with Crippen LogP contribution >= 0.6 is 34.8 Å². The molecule has 0 saturated heterocycles. The molecule has 0 aliphatic rings. The fourth-order valence-electron chi connectivity index (χ4n) is 0.940. The lowest BCUT2D eigenvalue weighted by molar-refractivity contribution is 0.0512. The molecular formula is C10H6Cl3O3. The van der Waals surface area contributed by atoms with E-state index in [2.05, 4.69) is 0 Å². The Morgan fingerprint density at radius 1 is 1.38 bits per heavy atom. The molecule has 85 valence electrons. The van der Waals surface area contributed by atoms with Crippen molar-refractivity contribution in [3.63, 3.8) is 0 Å². The van der Waals surface area contributed by atoms with Crippen molar-refractivity contribution in [2.24, 2.45) is 0 Å². The number of hydrogen-bond acceptors (Lipinski definition) is 3. The SMILES string of the molecule is O=[C]c1cccc(C(=O)OCC(Cl)(Cl)Cl)c1. The molecule has 0 bridgehead atoms. The quantitative estimate of drug-likeness (QED) is 0.631. The summed E-state index contributed by atoms with van der Waals surface area (Å²) in [6.45, 7) is -0.356. The van der Waals surface area contributed by atoms with Crippen molar-refractivity contribution in [2.45, 2.75) is 3.79 Å². The van der Waals surface area contributed by atoms with E-state index in [1.165, 1.54) is 24.3 Å². The van der Waals surface area contributed by atoms with Gasteiger partial charge in [-0.1, -0.05) is 46.9 Å². The molecule has 0 atom stereocenters. The zero-order valence-corrected chi connectivity index (χ0v) is 10.1. The van der Waals surface area contributed by atoms with Crippen molar-refractivity contribution in [1.29, 1.82) is 0 Å². The fraction of sp³-hybridized carbons (Fsp3) is 0.200. The van der Waals surface area contributed by atoms with Gasteiger partial charge in [0.05, 0.1) is 5.56 Å². The normalized spacial score (nSPS) is 10.9. The Balaban J connectivity index is 2.69. The molecule has 3 nitrogen and oxygen atoms in total. The van der Waals surface area contributed by atoms with E-state index in [1.807, 2.05) is 0 Å². The van der Waals surface area contributed by atoms with Gasteiger partial charge in [-0.05, 0) is 12.1 Å². The summed E-state index contributed by atoms with van der Waals surface area (Å²) < 4.78 is 3.08. The fourth-order valence-corrected chi connectivity index (χ4v) is 1.10. The molecule has 0 N–H and O–H groups in total. The lowest BCUT2D eigenvalue weighted by Crippen LogP contribution is -2.17. The molecule has 0 unspecified atom stereocenters. The summed E-state index contributed by atoms with van der Waals surface area (Å²) in [5.41, 5.74) is 0.457. The van der Waals surface area contributed by atoms with Gasteiger partial charge in [-0.15, -0.1) is 0 Å². The number of benzene rings is 1. The third-order valence-electron chi connectivity index (χ3n) is 1.58. The van der Waals surface area contributed by atoms with Gasteiger partial charge in [0, 0.05) is 5.56 Å². The summed E-state index contributed by atoms with van der Waals surface area (Å²) in [6.07, 6.45) is 1.66. The van der Waals surface area contributed by atoms with Gasteiger partial charge in [0.2, 0.25) is 10.1 Å². The van der Waals surface area contributed by atoms with E-state index in [9.17, 15) is 9.59 Å². The second-order valence-electron chi connectivity index (χ2n) is 2.87. The number of rotatable bonds is 3. The molecule has 6 heteroatoms. The number of halogens is 3. The molecule has 0 heterocycles. The van der Waals surface area contributed by atoms with Crippen LogP contribution in [0.4, 0.5) is 0 Å². The summed E-state index contributed by atoms with van der Waals surface area (Å²) >= 11 is 16.2. The first kappa shape index (κ1) is 13.3. The van der Waals surface area contributed by atoms with Crippen LogP contribution in [0.15, 0.2) is 24.3 Å². The third kappa shape index (κ3) is 4.39. The predicted molar refractivity (Wildman–Crippen MR) is 61.8 cm³/mol. The third-order valence-corrected chi connectivity index (χ3v) is 1.91. The maximum absolute atomic E-state index is 11.4. The molecule has 0 aromatic heterocycles. The highest BCUT2D eigenvalue weighted by Crippen LogP contribution is 2.26. The predicted octanol–water partition coefficient (Wildman–Crippen LogP) is 2.67. The van der Waals surface area contributed by atoms with E-state index < -0.39 is 9.76 Å². The molecule has 1 aromatic rings. The largest absolute Gasteiger partial charge is 0.458 e. The Hall–Kier alpha value is -0.770. The molecular weight excluding hydrogens is 274 g/mol. The van der Waals surface area contributed by atoms with Crippen LogP contribution in [0.2, 0.25) is 0 Å². The molecule has 0 amide bonds. The molecule has 1 radical (unpaired) electrons. The highest BCUT2D eigenvalue weighted by molar-refractivity contribution is 6.67. The Morgan fingerprint density at radius 2 is 2.06 bits per heavy atom. The number of alkyl halides is 3. The van der Waals surface area contributed by atoms with Crippen LogP contribution < -0.4 is 0 Å². The van der Waals surface area contributed by atoms with Gasteiger partial charge in [0.25, 0.3) is 0 Å². The van der Waals surface area contributed by atoms with E-state index in [0.717, 1.165) is 0 Å². The molecule has 1 rings (SSSR count). The van der Waals surface area contributed by atoms with E-state index in [4.69, 9.17) is 39.5 Å². The second kappa shape index (κ2) is 5.53. The van der Waals surface area contributed by atoms with Gasteiger partial charge in [-0.25, -0.2) is 4.79 Å². The minimum atomic E-state index is -1.65. The lowest BCUT2D eigenvalue weighted by Gasteiger charge is -2.11. The zero-order valence-electron chi connectivity index (χ0n) is 7.88. The van der Waals surface area contributed by atoms with Gasteiger partial charge in [-0.3, -0.25) is 4.79 Å². The maximum Gasteiger partial charge on any atom is 0.338 e. The first-order chi connectivity index (χ1) is 7.42. The Kier molecular flexibility index (Phi) is 4.59. The molecule has 0 aliphatic heterocycles. The first-order valence-electron chi connectivity index (χ1n) is 4.14. The van der Waals surface area contributed by atoms with Gasteiger partial charge < -0.3 is 4.74 Å². The van der Waals surface area contributed by atoms with Crippen LogP contribution in [0.3, 0.4) is 0 Å². The van der Waals surface area contributed by atoms with Crippen LogP contribution in [-0.4, -0.2) is 22.7 Å². The Morgan fingerprint density at radius 3 is 2.62 bits per heavy atom. The Labute approximate surface area is 107 Å². The van der Waals surface area contributed by atoms with Crippen molar-refractivity contribution in [3.05, 3.63) is 35.4 Å². The van der Waals surface area contributed by atoms with Crippen molar-refractivity contribution < 1.29 is 14.3 Å². The number of esters is 1. The molecule has 0 fully saturated rings. The average molecular weight is 281 g/mol. The van der Waals surface area contributed by atoms with E-state index in [-0.39, 0.29) is 17.7 Å². The van der Waals surface area contributed by atoms with Crippen LogP contribution in [0.5, 0.6) is 0 Å².